The zero-order valence-corrected chi connectivity index (χ0v) is 16.7. The minimum atomic E-state index is -0.414. The van der Waals surface area contributed by atoms with Gasteiger partial charge < -0.3 is 10.1 Å². The van der Waals surface area contributed by atoms with Crippen LogP contribution >= 0.6 is 0 Å². The molecule has 0 aliphatic rings. The molecular formula is C24H28N2O2. The first kappa shape index (κ1) is 21.2. The van der Waals surface area contributed by atoms with Crippen LogP contribution in [0.25, 0.3) is 6.08 Å². The fourth-order valence-corrected chi connectivity index (χ4v) is 2.72. The van der Waals surface area contributed by atoms with Crippen molar-refractivity contribution in [3.05, 3.63) is 65.2 Å². The number of nitrogens with one attached hydrogen (secondary N) is 1. The first-order valence-electron chi connectivity index (χ1n) is 9.91. The molecule has 1 N–H and O–H groups in total. The average Bonchev–Trinajstić information content (AvgIpc) is 2.73. The summed E-state index contributed by atoms with van der Waals surface area (Å²) in [5.41, 5.74) is 2.72. The van der Waals surface area contributed by atoms with Crippen molar-refractivity contribution in [1.82, 2.24) is 0 Å². The van der Waals surface area contributed by atoms with E-state index in [9.17, 15) is 10.1 Å². The number of aryl methyl sites for hydroxylation is 1. The van der Waals surface area contributed by atoms with Crippen LogP contribution in [-0.2, 0) is 11.2 Å². The molecule has 0 bridgehead atoms. The maximum Gasteiger partial charge on any atom is 0.266 e. The van der Waals surface area contributed by atoms with Crippen LogP contribution in [0, 0.1) is 11.3 Å². The number of unbranched alkanes of at least 4 members (excludes halogenated alkanes) is 3. The predicted molar refractivity (Wildman–Crippen MR) is 114 cm³/mol. The molecular weight excluding hydrogens is 348 g/mol. The van der Waals surface area contributed by atoms with Crippen molar-refractivity contribution in [3.8, 4) is 11.8 Å². The number of ether oxygens (including phenoxy) is 1. The van der Waals surface area contributed by atoms with E-state index in [0.717, 1.165) is 24.2 Å². The second-order valence-corrected chi connectivity index (χ2v) is 6.65. The fraction of sp³-hybridized carbons (Fsp3) is 0.333. The highest BCUT2D eigenvalue weighted by Crippen LogP contribution is 2.16. The number of carbonyl (C=O) groups excluding carboxylic acids is 1. The molecule has 0 aliphatic heterocycles. The van der Waals surface area contributed by atoms with Gasteiger partial charge in [0.25, 0.3) is 5.91 Å². The largest absolute Gasteiger partial charge is 0.494 e. The van der Waals surface area contributed by atoms with Crippen LogP contribution in [-0.4, -0.2) is 12.5 Å². The molecule has 1 amide bonds. The fourth-order valence-electron chi connectivity index (χ4n) is 2.72. The van der Waals surface area contributed by atoms with E-state index in [1.807, 2.05) is 54.6 Å². The third kappa shape index (κ3) is 6.92. The van der Waals surface area contributed by atoms with Crippen LogP contribution in [0.4, 0.5) is 5.69 Å². The Labute approximate surface area is 167 Å². The van der Waals surface area contributed by atoms with E-state index in [2.05, 4.69) is 19.2 Å². The minimum absolute atomic E-state index is 0.0628. The quantitative estimate of drug-likeness (QED) is 0.326. The lowest BCUT2D eigenvalue weighted by molar-refractivity contribution is -0.112. The van der Waals surface area contributed by atoms with Gasteiger partial charge in [0.1, 0.15) is 17.4 Å². The first-order valence-corrected chi connectivity index (χ1v) is 9.91. The molecule has 2 aromatic rings. The van der Waals surface area contributed by atoms with Crippen molar-refractivity contribution in [2.24, 2.45) is 0 Å². The highest BCUT2D eigenvalue weighted by atomic mass is 16.5. The predicted octanol–water partition coefficient (Wildman–Crippen LogP) is 5.75. The van der Waals surface area contributed by atoms with Gasteiger partial charge >= 0.3 is 0 Å². The summed E-state index contributed by atoms with van der Waals surface area (Å²) in [7, 11) is 0. The van der Waals surface area contributed by atoms with Gasteiger partial charge in [0.15, 0.2) is 0 Å². The lowest BCUT2D eigenvalue weighted by Gasteiger charge is -2.07. The van der Waals surface area contributed by atoms with E-state index >= 15 is 0 Å². The summed E-state index contributed by atoms with van der Waals surface area (Å²) in [5.74, 6) is 0.385. The molecule has 28 heavy (non-hydrogen) atoms. The van der Waals surface area contributed by atoms with E-state index in [0.29, 0.717) is 12.3 Å². The molecule has 0 spiro atoms. The minimum Gasteiger partial charge on any atom is -0.494 e. The topological polar surface area (TPSA) is 62.1 Å². The number of hydrogen-bond acceptors (Lipinski definition) is 3. The van der Waals surface area contributed by atoms with Gasteiger partial charge in [-0.1, -0.05) is 57.4 Å². The highest BCUT2D eigenvalue weighted by molar-refractivity contribution is 6.09. The highest BCUT2D eigenvalue weighted by Gasteiger charge is 2.09. The normalized spacial score (nSPS) is 11.0. The number of rotatable bonds is 10. The van der Waals surface area contributed by atoms with E-state index in [-0.39, 0.29) is 5.57 Å². The standard InChI is InChI=1S/C24H28N2O2/c1-3-5-6-7-16-28-23-14-10-20(11-15-23)17-21(18-25)24(27)26-22-12-8-19(4-2)9-13-22/h8-15,17H,3-7,16H2,1-2H3,(H,26,27)/b21-17+. The van der Waals surface area contributed by atoms with Gasteiger partial charge in [-0.2, -0.15) is 5.26 Å². The molecule has 0 aromatic heterocycles. The SMILES string of the molecule is CCCCCCOc1ccc(/C=C(\C#N)C(=O)Nc2ccc(CC)cc2)cc1. The van der Waals surface area contributed by atoms with Crippen LogP contribution in [0.5, 0.6) is 5.75 Å². The van der Waals surface area contributed by atoms with E-state index in [1.54, 1.807) is 6.08 Å². The number of nitriles is 1. The number of anilines is 1. The summed E-state index contributed by atoms with van der Waals surface area (Å²) >= 11 is 0. The summed E-state index contributed by atoms with van der Waals surface area (Å²) in [6.45, 7) is 4.97. The molecule has 4 nitrogen and oxygen atoms in total. The molecule has 0 radical (unpaired) electrons. The van der Waals surface area contributed by atoms with Gasteiger partial charge in [-0.15, -0.1) is 0 Å². The smallest absolute Gasteiger partial charge is 0.266 e. The van der Waals surface area contributed by atoms with Crippen molar-refractivity contribution in [3.63, 3.8) is 0 Å². The first-order chi connectivity index (χ1) is 13.7. The third-order valence-electron chi connectivity index (χ3n) is 4.44. The molecule has 2 rings (SSSR count). The molecule has 0 saturated carbocycles. The molecule has 0 aliphatic carbocycles. The van der Waals surface area contributed by atoms with Crippen molar-refractivity contribution in [2.75, 3.05) is 11.9 Å². The Kier molecular flexibility index (Phi) is 8.81. The molecule has 0 unspecified atom stereocenters. The van der Waals surface area contributed by atoms with E-state index in [1.165, 1.54) is 24.8 Å². The van der Waals surface area contributed by atoms with Gasteiger partial charge in [0.2, 0.25) is 0 Å². The Balaban J connectivity index is 1.94. The molecule has 0 atom stereocenters. The molecule has 0 saturated heterocycles. The van der Waals surface area contributed by atoms with Crippen LogP contribution in [0.3, 0.4) is 0 Å². The third-order valence-corrected chi connectivity index (χ3v) is 4.44. The number of benzene rings is 2. The zero-order chi connectivity index (χ0) is 20.2. The number of hydrogen-bond donors (Lipinski definition) is 1. The van der Waals surface area contributed by atoms with Crippen LogP contribution in [0.1, 0.15) is 50.7 Å². The Bertz CT molecular complexity index is 815. The average molecular weight is 377 g/mol. The molecule has 0 heterocycles. The number of nitrogens with zero attached hydrogens (tertiary/aromatic N) is 1. The number of carbonyl (C=O) groups is 1. The van der Waals surface area contributed by atoms with Gasteiger partial charge in [0, 0.05) is 5.69 Å². The summed E-state index contributed by atoms with van der Waals surface area (Å²) in [6, 6.07) is 17.0. The summed E-state index contributed by atoms with van der Waals surface area (Å²) in [4.78, 5) is 12.4. The van der Waals surface area contributed by atoms with Gasteiger partial charge in [-0.25, -0.2) is 0 Å². The van der Waals surface area contributed by atoms with E-state index < -0.39 is 5.91 Å². The Hall–Kier alpha value is -3.06. The maximum atomic E-state index is 12.4. The van der Waals surface area contributed by atoms with Crippen molar-refractivity contribution >= 4 is 17.7 Å². The van der Waals surface area contributed by atoms with Crippen molar-refractivity contribution < 1.29 is 9.53 Å². The van der Waals surface area contributed by atoms with Gasteiger partial charge in [0.05, 0.1) is 6.61 Å². The molecule has 0 fully saturated rings. The van der Waals surface area contributed by atoms with Gasteiger partial charge in [-0.05, 0) is 54.3 Å². The van der Waals surface area contributed by atoms with Crippen LogP contribution in [0.15, 0.2) is 54.1 Å². The Morgan fingerprint density at radius 1 is 1.04 bits per heavy atom. The second-order valence-electron chi connectivity index (χ2n) is 6.65. The summed E-state index contributed by atoms with van der Waals surface area (Å²) in [6.07, 6.45) is 7.19. The Morgan fingerprint density at radius 3 is 2.36 bits per heavy atom. The molecule has 2 aromatic carbocycles. The molecule has 146 valence electrons. The van der Waals surface area contributed by atoms with Gasteiger partial charge in [-0.3, -0.25) is 4.79 Å². The number of amides is 1. The Morgan fingerprint density at radius 2 is 1.75 bits per heavy atom. The second kappa shape index (κ2) is 11.6. The van der Waals surface area contributed by atoms with Crippen LogP contribution < -0.4 is 10.1 Å². The lowest BCUT2D eigenvalue weighted by atomic mass is 10.1. The maximum absolute atomic E-state index is 12.4. The summed E-state index contributed by atoms with van der Waals surface area (Å²) < 4.78 is 5.72. The zero-order valence-electron chi connectivity index (χ0n) is 16.7. The van der Waals surface area contributed by atoms with Crippen molar-refractivity contribution in [2.45, 2.75) is 46.0 Å². The monoisotopic (exact) mass is 376 g/mol. The summed E-state index contributed by atoms with van der Waals surface area (Å²) in [5, 5.41) is 12.1. The van der Waals surface area contributed by atoms with Crippen LogP contribution in [0.2, 0.25) is 0 Å². The lowest BCUT2D eigenvalue weighted by Crippen LogP contribution is -2.13. The molecule has 4 heteroatoms. The van der Waals surface area contributed by atoms with Crippen molar-refractivity contribution in [1.29, 1.82) is 5.26 Å². The van der Waals surface area contributed by atoms with E-state index in [4.69, 9.17) is 4.74 Å².